The van der Waals surface area contributed by atoms with Crippen LogP contribution in [0.2, 0.25) is 0 Å². The summed E-state index contributed by atoms with van der Waals surface area (Å²) in [6.45, 7) is 0.697. The first kappa shape index (κ1) is 21.1. The summed E-state index contributed by atoms with van der Waals surface area (Å²) in [4.78, 5) is 63.0. The summed E-state index contributed by atoms with van der Waals surface area (Å²) in [5, 5.41) is 5.52. The number of esters is 1. The molecule has 160 valence electrons. The molecule has 0 radical (unpaired) electrons. The number of nitrogens with zero attached hydrogens (tertiary/aromatic N) is 2. The van der Waals surface area contributed by atoms with E-state index in [4.69, 9.17) is 4.74 Å². The zero-order valence-electron chi connectivity index (χ0n) is 16.9. The van der Waals surface area contributed by atoms with Crippen LogP contribution >= 0.6 is 0 Å². The second-order valence-electron chi connectivity index (χ2n) is 8.19. The third kappa shape index (κ3) is 4.68. The molecule has 0 unspecified atom stereocenters. The predicted molar refractivity (Wildman–Crippen MR) is 100 cm³/mol. The van der Waals surface area contributed by atoms with Crippen LogP contribution in [-0.4, -0.2) is 77.8 Å². The number of amides is 5. The van der Waals surface area contributed by atoms with Gasteiger partial charge in [-0.1, -0.05) is 19.8 Å². The van der Waals surface area contributed by atoms with Gasteiger partial charge in [0, 0.05) is 13.1 Å². The van der Waals surface area contributed by atoms with Gasteiger partial charge in [0.15, 0.2) is 6.61 Å². The molecule has 3 fully saturated rings. The van der Waals surface area contributed by atoms with E-state index in [0.717, 1.165) is 41.9 Å². The Balaban J connectivity index is 1.46. The molecule has 3 aliphatic rings. The lowest BCUT2D eigenvalue weighted by Gasteiger charge is -2.36. The number of rotatable bonds is 7. The van der Waals surface area contributed by atoms with Crippen molar-refractivity contribution in [1.29, 1.82) is 0 Å². The van der Waals surface area contributed by atoms with Crippen molar-refractivity contribution in [2.45, 2.75) is 57.0 Å². The van der Waals surface area contributed by atoms with Crippen molar-refractivity contribution in [2.75, 3.05) is 26.7 Å². The minimum absolute atomic E-state index is 0.00858. The van der Waals surface area contributed by atoms with Crippen LogP contribution in [0.3, 0.4) is 0 Å². The van der Waals surface area contributed by atoms with Crippen molar-refractivity contribution < 1.29 is 28.7 Å². The second kappa shape index (κ2) is 8.38. The van der Waals surface area contributed by atoms with E-state index in [1.807, 2.05) is 6.92 Å². The largest absolute Gasteiger partial charge is 0.454 e. The molecule has 2 N–H and O–H groups in total. The third-order valence-electron chi connectivity index (χ3n) is 5.89. The molecule has 1 aliphatic heterocycles. The van der Waals surface area contributed by atoms with Crippen LogP contribution in [0.4, 0.5) is 4.79 Å². The van der Waals surface area contributed by atoms with Crippen LogP contribution < -0.4 is 10.6 Å². The zero-order chi connectivity index (χ0) is 21.2. The Morgan fingerprint density at radius 3 is 2.62 bits per heavy atom. The van der Waals surface area contributed by atoms with Gasteiger partial charge < -0.3 is 20.3 Å². The van der Waals surface area contributed by atoms with Gasteiger partial charge in [0.2, 0.25) is 5.91 Å². The number of hydrogen-bond donors (Lipinski definition) is 2. The van der Waals surface area contributed by atoms with E-state index in [0.29, 0.717) is 6.42 Å². The van der Waals surface area contributed by atoms with Crippen LogP contribution in [-0.2, 0) is 23.9 Å². The third-order valence-corrected chi connectivity index (χ3v) is 5.89. The highest BCUT2D eigenvalue weighted by molar-refractivity contribution is 6.09. The van der Waals surface area contributed by atoms with E-state index in [1.54, 1.807) is 0 Å². The Labute approximate surface area is 169 Å². The summed E-state index contributed by atoms with van der Waals surface area (Å²) < 4.78 is 4.93. The lowest BCUT2D eigenvalue weighted by Crippen LogP contribution is -2.54. The molecule has 2 atom stereocenters. The maximum atomic E-state index is 12.8. The van der Waals surface area contributed by atoms with E-state index >= 15 is 0 Å². The van der Waals surface area contributed by atoms with Crippen LogP contribution in [0.5, 0.6) is 0 Å². The molecular weight excluding hydrogens is 380 g/mol. The van der Waals surface area contributed by atoms with E-state index in [1.165, 1.54) is 7.05 Å². The highest BCUT2D eigenvalue weighted by Crippen LogP contribution is 2.38. The van der Waals surface area contributed by atoms with Gasteiger partial charge in [-0.25, -0.2) is 4.79 Å². The predicted octanol–water partition coefficient (Wildman–Crippen LogP) is -0.233. The summed E-state index contributed by atoms with van der Waals surface area (Å²) in [5.74, 6) is -2.07. The molecule has 0 aromatic carbocycles. The molecule has 1 saturated heterocycles. The molecule has 10 heteroatoms. The number of hydrogen-bond acceptors (Lipinski definition) is 6. The van der Waals surface area contributed by atoms with E-state index in [2.05, 4.69) is 10.6 Å². The first-order chi connectivity index (χ1) is 13.7. The number of nitrogens with one attached hydrogen (secondary N) is 2. The molecular formula is C19H28N4O6. The van der Waals surface area contributed by atoms with Gasteiger partial charge in [0.05, 0.1) is 6.54 Å². The van der Waals surface area contributed by atoms with Gasteiger partial charge in [-0.05, 0) is 31.6 Å². The van der Waals surface area contributed by atoms with Gasteiger partial charge >= 0.3 is 12.0 Å². The molecule has 0 aromatic rings. The summed E-state index contributed by atoms with van der Waals surface area (Å²) in [5.41, 5.74) is -0.944. The topological polar surface area (TPSA) is 125 Å². The molecule has 0 aromatic heterocycles. The van der Waals surface area contributed by atoms with Crippen LogP contribution in [0.25, 0.3) is 0 Å². The summed E-state index contributed by atoms with van der Waals surface area (Å²) in [7, 11) is 1.44. The molecule has 1 heterocycles. The number of carbonyl (C=O) groups excluding carboxylic acids is 5. The fourth-order valence-corrected chi connectivity index (χ4v) is 3.87. The number of carbonyl (C=O) groups is 5. The molecule has 0 bridgehead atoms. The molecule has 29 heavy (non-hydrogen) atoms. The maximum absolute atomic E-state index is 12.8. The van der Waals surface area contributed by atoms with Gasteiger partial charge in [-0.15, -0.1) is 0 Å². The summed E-state index contributed by atoms with van der Waals surface area (Å²) in [6, 6.07) is -0.413. The van der Waals surface area contributed by atoms with Crippen molar-refractivity contribution in [3.05, 3.63) is 0 Å². The van der Waals surface area contributed by atoms with Gasteiger partial charge in [0.1, 0.15) is 12.1 Å². The van der Waals surface area contributed by atoms with E-state index in [-0.39, 0.29) is 24.4 Å². The molecule has 2 aliphatic carbocycles. The first-order valence-corrected chi connectivity index (χ1v) is 10.1. The van der Waals surface area contributed by atoms with Crippen molar-refractivity contribution in [1.82, 2.24) is 20.4 Å². The fraction of sp³-hybridized carbons (Fsp3) is 0.737. The average molecular weight is 408 g/mol. The standard InChI is InChI=1S/C19H28N4O6/c1-12-5-3-4-8-19(12)17(27)23(18(28)21-19)10-16(26)29-11-15(25)22(2)9-14(24)20-13-6-7-13/h12-13H,3-11H2,1-2H3,(H,20,24)(H,21,28)/t12-,19+/m1/s1. The quantitative estimate of drug-likeness (QED) is 0.443. The smallest absolute Gasteiger partial charge is 0.326 e. The normalized spacial score (nSPS) is 26.3. The Morgan fingerprint density at radius 1 is 1.24 bits per heavy atom. The van der Waals surface area contributed by atoms with E-state index < -0.39 is 42.5 Å². The minimum atomic E-state index is -0.944. The number of likely N-dealkylation sites (N-methyl/N-ethyl adjacent to an activating group) is 1. The molecule has 1 spiro atoms. The SMILES string of the molecule is C[C@@H]1CCCC[C@]12NC(=O)N(CC(=O)OCC(=O)N(C)CC(=O)NC1CC1)C2=O. The van der Waals surface area contributed by atoms with Crippen LogP contribution in [0.1, 0.15) is 45.4 Å². The summed E-state index contributed by atoms with van der Waals surface area (Å²) in [6.07, 6.45) is 5.12. The van der Waals surface area contributed by atoms with Gasteiger partial charge in [0.25, 0.3) is 11.8 Å². The van der Waals surface area contributed by atoms with Crippen molar-refractivity contribution in [3.8, 4) is 0 Å². The van der Waals surface area contributed by atoms with Gasteiger partial charge in [-0.3, -0.25) is 24.1 Å². The molecule has 5 amide bonds. The minimum Gasteiger partial charge on any atom is -0.454 e. The van der Waals surface area contributed by atoms with Crippen molar-refractivity contribution in [2.24, 2.45) is 5.92 Å². The number of ether oxygens (including phenoxy) is 1. The zero-order valence-corrected chi connectivity index (χ0v) is 16.9. The maximum Gasteiger partial charge on any atom is 0.326 e. The van der Waals surface area contributed by atoms with Crippen LogP contribution in [0, 0.1) is 5.92 Å². The Hall–Kier alpha value is -2.65. The second-order valence-corrected chi connectivity index (χ2v) is 8.19. The molecule has 3 rings (SSSR count). The average Bonchev–Trinajstić information content (AvgIpc) is 3.45. The Kier molecular flexibility index (Phi) is 6.09. The Morgan fingerprint density at radius 2 is 1.97 bits per heavy atom. The van der Waals surface area contributed by atoms with Crippen LogP contribution in [0.15, 0.2) is 0 Å². The van der Waals surface area contributed by atoms with Gasteiger partial charge in [-0.2, -0.15) is 0 Å². The lowest BCUT2D eigenvalue weighted by atomic mass is 9.73. The molecule has 10 nitrogen and oxygen atoms in total. The van der Waals surface area contributed by atoms with Crippen molar-refractivity contribution in [3.63, 3.8) is 0 Å². The molecule has 2 saturated carbocycles. The monoisotopic (exact) mass is 408 g/mol. The number of imide groups is 1. The van der Waals surface area contributed by atoms with E-state index in [9.17, 15) is 24.0 Å². The van der Waals surface area contributed by atoms with Crippen molar-refractivity contribution >= 4 is 29.7 Å². The highest BCUT2D eigenvalue weighted by Gasteiger charge is 2.55. The number of urea groups is 1. The first-order valence-electron chi connectivity index (χ1n) is 10.1. The highest BCUT2D eigenvalue weighted by atomic mass is 16.5. The lowest BCUT2D eigenvalue weighted by molar-refractivity contribution is -0.154. The summed E-state index contributed by atoms with van der Waals surface area (Å²) >= 11 is 0. The fourth-order valence-electron chi connectivity index (χ4n) is 3.87. The Bertz CT molecular complexity index is 721.